The number of aliphatic hydroxyl groups is 1. The van der Waals surface area contributed by atoms with Crippen LogP contribution in [-0.2, 0) is 16.6 Å². The maximum atomic E-state index is 12.8. The highest BCUT2D eigenvalue weighted by molar-refractivity contribution is 7.92. The molecule has 0 radical (unpaired) electrons. The minimum absolute atomic E-state index is 0.142. The number of H-pyrrole nitrogens is 1. The summed E-state index contributed by atoms with van der Waals surface area (Å²) in [5.74, 6) is 0.566. The fourth-order valence-electron chi connectivity index (χ4n) is 2.33. The third-order valence-corrected chi connectivity index (χ3v) is 5.16. The number of anilines is 1. The van der Waals surface area contributed by atoms with E-state index in [-0.39, 0.29) is 11.5 Å². The van der Waals surface area contributed by atoms with E-state index in [2.05, 4.69) is 4.98 Å². The van der Waals surface area contributed by atoms with Gasteiger partial charge in [-0.25, -0.2) is 8.42 Å². The first-order valence-electron chi connectivity index (χ1n) is 6.65. The van der Waals surface area contributed by atoms with Crippen LogP contribution in [0.4, 0.5) is 5.69 Å². The van der Waals surface area contributed by atoms with E-state index in [9.17, 15) is 8.42 Å². The average Bonchev–Trinajstić information content (AvgIpc) is 2.87. The number of sulfonamides is 1. The Morgan fingerprint density at radius 3 is 2.90 bits per heavy atom. The molecular weight excluding hydrogens is 292 g/mol. The Hall–Kier alpha value is -1.99. The van der Waals surface area contributed by atoms with Gasteiger partial charge in [0.15, 0.2) is 0 Å². The number of aromatic nitrogens is 1. The van der Waals surface area contributed by atoms with Crippen LogP contribution >= 0.6 is 0 Å². The molecule has 3 rings (SSSR count). The van der Waals surface area contributed by atoms with E-state index >= 15 is 0 Å². The van der Waals surface area contributed by atoms with Gasteiger partial charge in [-0.3, -0.25) is 4.31 Å². The molecule has 1 aliphatic rings. The minimum Gasteiger partial charge on any atom is -0.491 e. The second-order valence-corrected chi connectivity index (χ2v) is 6.63. The van der Waals surface area contributed by atoms with Crippen molar-refractivity contribution in [1.82, 2.24) is 4.98 Å². The third-order valence-electron chi connectivity index (χ3n) is 3.37. The molecule has 7 heteroatoms. The number of nitrogens with one attached hydrogen (secondary N) is 1. The number of aromatic amines is 1. The van der Waals surface area contributed by atoms with E-state index in [0.29, 0.717) is 36.7 Å². The summed E-state index contributed by atoms with van der Waals surface area (Å²) in [4.78, 5) is 2.90. The molecule has 112 valence electrons. The lowest BCUT2D eigenvalue weighted by molar-refractivity contribution is 0.277. The van der Waals surface area contributed by atoms with Gasteiger partial charge in [0, 0.05) is 24.9 Å². The summed E-state index contributed by atoms with van der Waals surface area (Å²) in [6.45, 7) is 0.617. The van der Waals surface area contributed by atoms with Crippen LogP contribution in [0.2, 0.25) is 0 Å². The van der Waals surface area contributed by atoms with Crippen LogP contribution in [0.3, 0.4) is 0 Å². The second-order valence-electron chi connectivity index (χ2n) is 4.77. The largest absolute Gasteiger partial charge is 0.491 e. The van der Waals surface area contributed by atoms with Crippen LogP contribution in [0, 0.1) is 0 Å². The number of benzene rings is 1. The lowest BCUT2D eigenvalue weighted by Crippen LogP contribution is -2.31. The van der Waals surface area contributed by atoms with Gasteiger partial charge >= 0.3 is 0 Å². The molecule has 0 amide bonds. The average molecular weight is 308 g/mol. The van der Waals surface area contributed by atoms with Gasteiger partial charge < -0.3 is 14.8 Å². The molecule has 1 aliphatic heterocycles. The van der Waals surface area contributed by atoms with Crippen molar-refractivity contribution >= 4 is 15.7 Å². The molecule has 0 spiro atoms. The summed E-state index contributed by atoms with van der Waals surface area (Å²) in [5, 5.41) is 9.07. The Balaban J connectivity index is 2.06. The van der Waals surface area contributed by atoms with Gasteiger partial charge in [-0.1, -0.05) is 12.1 Å². The molecule has 0 bridgehead atoms. The molecular formula is C14H16N2O4S. The highest BCUT2D eigenvalue weighted by Gasteiger charge is 2.29. The van der Waals surface area contributed by atoms with Crippen molar-refractivity contribution in [2.45, 2.75) is 17.9 Å². The van der Waals surface area contributed by atoms with Gasteiger partial charge in [-0.2, -0.15) is 0 Å². The quantitative estimate of drug-likeness (QED) is 0.900. The molecule has 6 nitrogen and oxygen atoms in total. The Morgan fingerprint density at radius 1 is 1.33 bits per heavy atom. The first kappa shape index (κ1) is 14.0. The van der Waals surface area contributed by atoms with Gasteiger partial charge in [-0.15, -0.1) is 0 Å². The van der Waals surface area contributed by atoms with Gasteiger partial charge in [0.05, 0.1) is 18.9 Å². The van der Waals surface area contributed by atoms with Crippen LogP contribution in [0.25, 0.3) is 0 Å². The summed E-state index contributed by atoms with van der Waals surface area (Å²) in [7, 11) is -3.68. The predicted octanol–water partition coefficient (Wildman–Crippen LogP) is 1.48. The smallest absolute Gasteiger partial charge is 0.265 e. The monoisotopic (exact) mass is 308 g/mol. The Labute approximate surface area is 123 Å². The highest BCUT2D eigenvalue weighted by Crippen LogP contribution is 2.34. The Morgan fingerprint density at radius 2 is 2.14 bits per heavy atom. The van der Waals surface area contributed by atoms with Crippen molar-refractivity contribution in [3.8, 4) is 5.75 Å². The van der Waals surface area contributed by atoms with Crippen molar-refractivity contribution < 1.29 is 18.3 Å². The maximum Gasteiger partial charge on any atom is 0.265 e. The minimum atomic E-state index is -3.68. The standard InChI is InChI=1S/C14H16N2O4S/c17-10-11-8-12(9-15-11)21(18,19)16-6-3-7-20-14-5-2-1-4-13(14)16/h1-2,4-5,8-9,15,17H,3,6-7,10H2. The van der Waals surface area contributed by atoms with Crippen LogP contribution in [0.5, 0.6) is 5.75 Å². The molecule has 0 fully saturated rings. The summed E-state index contributed by atoms with van der Waals surface area (Å²) < 4.78 is 32.5. The lowest BCUT2D eigenvalue weighted by Gasteiger charge is -2.22. The van der Waals surface area contributed by atoms with Crippen molar-refractivity contribution in [3.63, 3.8) is 0 Å². The first-order valence-corrected chi connectivity index (χ1v) is 8.09. The number of aliphatic hydroxyl groups excluding tert-OH is 1. The lowest BCUT2D eigenvalue weighted by atomic mass is 10.3. The number of ether oxygens (including phenoxy) is 1. The molecule has 0 saturated heterocycles. The van der Waals surface area contributed by atoms with Crippen molar-refractivity contribution in [3.05, 3.63) is 42.2 Å². The predicted molar refractivity (Wildman–Crippen MR) is 77.8 cm³/mol. The number of hydrogen-bond acceptors (Lipinski definition) is 4. The Bertz CT molecular complexity index is 739. The molecule has 1 aromatic heterocycles. The summed E-state index contributed by atoms with van der Waals surface area (Å²) in [5.41, 5.74) is 1.01. The van der Waals surface area contributed by atoms with E-state index in [4.69, 9.17) is 9.84 Å². The first-order chi connectivity index (χ1) is 10.1. The third kappa shape index (κ3) is 2.50. The van der Waals surface area contributed by atoms with Crippen molar-refractivity contribution in [2.24, 2.45) is 0 Å². The van der Waals surface area contributed by atoms with Crippen LogP contribution in [-0.4, -0.2) is 31.7 Å². The molecule has 0 aliphatic carbocycles. The zero-order valence-electron chi connectivity index (χ0n) is 11.3. The number of rotatable bonds is 3. The second kappa shape index (κ2) is 5.42. The Kier molecular flexibility index (Phi) is 3.60. The van der Waals surface area contributed by atoms with Crippen molar-refractivity contribution in [1.29, 1.82) is 0 Å². The number of hydrogen-bond donors (Lipinski definition) is 2. The van der Waals surface area contributed by atoms with Gasteiger partial charge in [0.1, 0.15) is 10.6 Å². The van der Waals surface area contributed by atoms with Crippen molar-refractivity contribution in [2.75, 3.05) is 17.5 Å². The fraction of sp³-hybridized carbons (Fsp3) is 0.286. The van der Waals surface area contributed by atoms with Crippen LogP contribution in [0.15, 0.2) is 41.4 Å². The molecule has 2 aromatic rings. The molecule has 0 atom stereocenters. The number of para-hydroxylation sites is 2. The number of fused-ring (bicyclic) bond motifs is 1. The summed E-state index contributed by atoms with van der Waals surface area (Å²) in [6, 6.07) is 8.54. The van der Waals surface area contributed by atoms with E-state index in [0.717, 1.165) is 0 Å². The van der Waals surface area contributed by atoms with Crippen LogP contribution < -0.4 is 9.04 Å². The van der Waals surface area contributed by atoms with E-state index in [1.54, 1.807) is 18.2 Å². The van der Waals surface area contributed by atoms with Gasteiger partial charge in [0.25, 0.3) is 10.0 Å². The van der Waals surface area contributed by atoms with Gasteiger partial charge in [-0.05, 0) is 18.2 Å². The number of nitrogens with zero attached hydrogens (tertiary/aromatic N) is 1. The fourth-order valence-corrected chi connectivity index (χ4v) is 3.86. The SMILES string of the molecule is O=S(=O)(c1c[nH]c(CO)c1)N1CCCOc2ccccc21. The summed E-state index contributed by atoms with van der Waals surface area (Å²) >= 11 is 0. The topological polar surface area (TPSA) is 82.6 Å². The molecule has 2 N–H and O–H groups in total. The zero-order chi connectivity index (χ0) is 14.9. The normalized spacial score (nSPS) is 15.2. The molecule has 21 heavy (non-hydrogen) atoms. The van der Waals surface area contributed by atoms with E-state index in [1.165, 1.54) is 16.6 Å². The zero-order valence-corrected chi connectivity index (χ0v) is 12.1. The maximum absolute atomic E-state index is 12.8. The molecule has 0 unspecified atom stereocenters. The molecule has 2 heterocycles. The van der Waals surface area contributed by atoms with E-state index in [1.807, 2.05) is 6.07 Å². The molecule has 0 saturated carbocycles. The van der Waals surface area contributed by atoms with E-state index < -0.39 is 10.0 Å². The van der Waals surface area contributed by atoms with Crippen LogP contribution in [0.1, 0.15) is 12.1 Å². The highest BCUT2D eigenvalue weighted by atomic mass is 32.2. The van der Waals surface area contributed by atoms with Gasteiger partial charge in [0.2, 0.25) is 0 Å². The molecule has 1 aromatic carbocycles. The summed E-state index contributed by atoms with van der Waals surface area (Å²) in [6.07, 6.45) is 2.01.